The van der Waals surface area contributed by atoms with E-state index in [1.165, 1.54) is 43.3 Å². The van der Waals surface area contributed by atoms with E-state index in [4.69, 9.17) is 9.47 Å². The summed E-state index contributed by atoms with van der Waals surface area (Å²) in [5, 5.41) is 2.75. The zero-order chi connectivity index (χ0) is 25.6. The van der Waals surface area contributed by atoms with Gasteiger partial charge in [-0.3, -0.25) is 9.52 Å². The van der Waals surface area contributed by atoms with Gasteiger partial charge in [0.05, 0.1) is 17.1 Å². The molecule has 3 aromatic rings. The number of nitrogens with one attached hydrogen (secondary N) is 2. The molecule has 0 radical (unpaired) electrons. The van der Waals surface area contributed by atoms with E-state index in [2.05, 4.69) is 10.0 Å². The lowest BCUT2D eigenvalue weighted by Gasteiger charge is -2.15. The molecule has 2 N–H and O–H groups in total. The predicted molar refractivity (Wildman–Crippen MR) is 134 cm³/mol. The highest BCUT2D eigenvalue weighted by atomic mass is 32.2. The molecule has 0 fully saturated rings. The molecule has 3 aromatic carbocycles. The van der Waals surface area contributed by atoms with Crippen molar-refractivity contribution in [2.24, 2.45) is 0 Å². The Bertz CT molecular complexity index is 1300. The van der Waals surface area contributed by atoms with E-state index in [-0.39, 0.29) is 16.1 Å². The van der Waals surface area contributed by atoms with Crippen LogP contribution in [0.1, 0.15) is 35.3 Å². The summed E-state index contributed by atoms with van der Waals surface area (Å²) in [4.78, 5) is 25.0. The van der Waals surface area contributed by atoms with E-state index in [1.807, 2.05) is 32.9 Å². The SMILES string of the molecule is CCOc1ccc(S(=O)(=O)Nc2ccc(C(=O)OC(C)C(=O)Nc3ccc(C)cc3C)cc2)cc1. The number of esters is 1. The van der Waals surface area contributed by atoms with Gasteiger partial charge in [0.25, 0.3) is 15.9 Å². The monoisotopic (exact) mass is 496 g/mol. The largest absolute Gasteiger partial charge is 0.494 e. The Hall–Kier alpha value is -3.85. The van der Waals surface area contributed by atoms with Crippen LogP contribution in [0.15, 0.2) is 71.6 Å². The van der Waals surface area contributed by atoms with Crippen LogP contribution in [0.2, 0.25) is 0 Å². The van der Waals surface area contributed by atoms with E-state index in [9.17, 15) is 18.0 Å². The van der Waals surface area contributed by atoms with Crippen molar-refractivity contribution in [1.82, 2.24) is 0 Å². The number of sulfonamides is 1. The Labute approximate surface area is 205 Å². The van der Waals surface area contributed by atoms with Crippen molar-refractivity contribution >= 4 is 33.3 Å². The maximum Gasteiger partial charge on any atom is 0.338 e. The molecule has 184 valence electrons. The van der Waals surface area contributed by atoms with Crippen molar-refractivity contribution in [3.63, 3.8) is 0 Å². The van der Waals surface area contributed by atoms with Crippen LogP contribution in [-0.2, 0) is 19.6 Å². The summed E-state index contributed by atoms with van der Waals surface area (Å²) in [5.41, 5.74) is 3.08. The van der Waals surface area contributed by atoms with Gasteiger partial charge in [-0.15, -0.1) is 0 Å². The van der Waals surface area contributed by atoms with Crippen LogP contribution in [0, 0.1) is 13.8 Å². The molecular weight excluding hydrogens is 468 g/mol. The number of carbonyl (C=O) groups is 2. The Morgan fingerprint density at radius 1 is 0.943 bits per heavy atom. The van der Waals surface area contributed by atoms with Crippen LogP contribution in [-0.4, -0.2) is 33.0 Å². The maximum absolute atomic E-state index is 12.6. The van der Waals surface area contributed by atoms with Crippen LogP contribution in [0.4, 0.5) is 11.4 Å². The van der Waals surface area contributed by atoms with E-state index in [0.29, 0.717) is 18.0 Å². The first-order valence-electron chi connectivity index (χ1n) is 11.0. The summed E-state index contributed by atoms with van der Waals surface area (Å²) in [5.74, 6) is -0.578. The highest BCUT2D eigenvalue weighted by molar-refractivity contribution is 7.92. The van der Waals surface area contributed by atoms with Crippen molar-refractivity contribution < 1.29 is 27.5 Å². The van der Waals surface area contributed by atoms with Gasteiger partial charge in [-0.05, 0) is 87.9 Å². The number of benzene rings is 3. The fourth-order valence-corrected chi connectivity index (χ4v) is 4.30. The second-order valence-electron chi connectivity index (χ2n) is 7.94. The zero-order valence-corrected chi connectivity index (χ0v) is 20.8. The highest BCUT2D eigenvalue weighted by Crippen LogP contribution is 2.21. The van der Waals surface area contributed by atoms with Crippen LogP contribution >= 0.6 is 0 Å². The van der Waals surface area contributed by atoms with Crippen LogP contribution in [0.25, 0.3) is 0 Å². The summed E-state index contributed by atoms with van der Waals surface area (Å²) in [6, 6.07) is 17.4. The molecule has 0 aliphatic carbocycles. The lowest BCUT2D eigenvalue weighted by atomic mass is 10.1. The Morgan fingerprint density at radius 3 is 2.20 bits per heavy atom. The Morgan fingerprint density at radius 2 is 1.60 bits per heavy atom. The Kier molecular flexibility index (Phi) is 8.14. The van der Waals surface area contributed by atoms with Gasteiger partial charge in [0, 0.05) is 11.4 Å². The molecule has 1 unspecified atom stereocenters. The molecule has 3 rings (SSSR count). The minimum atomic E-state index is -3.82. The molecule has 0 aliphatic heterocycles. The summed E-state index contributed by atoms with van der Waals surface area (Å²) in [7, 11) is -3.82. The highest BCUT2D eigenvalue weighted by Gasteiger charge is 2.20. The number of carbonyl (C=O) groups excluding carboxylic acids is 2. The molecule has 0 aliphatic rings. The number of amides is 1. The number of aryl methyl sites for hydroxylation is 2. The first kappa shape index (κ1) is 25.8. The van der Waals surface area contributed by atoms with E-state index in [0.717, 1.165) is 11.1 Å². The zero-order valence-electron chi connectivity index (χ0n) is 20.0. The number of rotatable bonds is 9. The molecule has 9 heteroatoms. The number of ether oxygens (including phenoxy) is 2. The van der Waals surface area contributed by atoms with Crippen molar-refractivity contribution in [3.05, 3.63) is 83.4 Å². The average Bonchev–Trinajstić information content (AvgIpc) is 2.81. The molecule has 0 bridgehead atoms. The van der Waals surface area contributed by atoms with Gasteiger partial charge in [-0.1, -0.05) is 17.7 Å². The van der Waals surface area contributed by atoms with Crippen LogP contribution in [0.3, 0.4) is 0 Å². The number of hydrogen-bond donors (Lipinski definition) is 2. The van der Waals surface area contributed by atoms with Crippen LogP contribution < -0.4 is 14.8 Å². The lowest BCUT2D eigenvalue weighted by Crippen LogP contribution is -2.30. The van der Waals surface area contributed by atoms with Gasteiger partial charge in [0.1, 0.15) is 5.75 Å². The second-order valence-corrected chi connectivity index (χ2v) is 9.62. The quantitative estimate of drug-likeness (QED) is 0.416. The van der Waals surface area contributed by atoms with Crippen molar-refractivity contribution in [1.29, 1.82) is 0 Å². The fraction of sp³-hybridized carbons (Fsp3) is 0.231. The van der Waals surface area contributed by atoms with E-state index < -0.39 is 28.0 Å². The van der Waals surface area contributed by atoms with Crippen LogP contribution in [0.5, 0.6) is 5.75 Å². The van der Waals surface area contributed by atoms with Crippen molar-refractivity contribution in [2.75, 3.05) is 16.6 Å². The molecule has 0 saturated heterocycles. The molecule has 0 spiro atoms. The lowest BCUT2D eigenvalue weighted by molar-refractivity contribution is -0.123. The molecule has 1 amide bonds. The molecule has 8 nitrogen and oxygen atoms in total. The van der Waals surface area contributed by atoms with E-state index >= 15 is 0 Å². The summed E-state index contributed by atoms with van der Waals surface area (Å²) in [6.07, 6.45) is -1.03. The first-order chi connectivity index (χ1) is 16.6. The molecule has 0 heterocycles. The molecule has 0 saturated carbocycles. The molecular formula is C26H28N2O6S. The van der Waals surface area contributed by atoms with Crippen molar-refractivity contribution in [3.8, 4) is 5.75 Å². The molecule has 35 heavy (non-hydrogen) atoms. The first-order valence-corrected chi connectivity index (χ1v) is 12.5. The van der Waals surface area contributed by atoms with Gasteiger partial charge in [-0.25, -0.2) is 13.2 Å². The molecule has 0 aromatic heterocycles. The maximum atomic E-state index is 12.6. The van der Waals surface area contributed by atoms with Crippen molar-refractivity contribution in [2.45, 2.75) is 38.7 Å². The van der Waals surface area contributed by atoms with Gasteiger partial charge >= 0.3 is 5.97 Å². The van der Waals surface area contributed by atoms with Gasteiger partial charge < -0.3 is 14.8 Å². The number of hydrogen-bond acceptors (Lipinski definition) is 6. The minimum absolute atomic E-state index is 0.0769. The van der Waals surface area contributed by atoms with Gasteiger partial charge in [0.15, 0.2) is 6.10 Å². The Balaban J connectivity index is 1.60. The third kappa shape index (κ3) is 6.83. The van der Waals surface area contributed by atoms with E-state index in [1.54, 1.807) is 18.2 Å². The third-order valence-corrected chi connectivity index (χ3v) is 6.51. The normalized spacial score (nSPS) is 11.9. The average molecular weight is 497 g/mol. The smallest absolute Gasteiger partial charge is 0.338 e. The summed E-state index contributed by atoms with van der Waals surface area (Å²) < 4.78 is 38.3. The van der Waals surface area contributed by atoms with Gasteiger partial charge in [0.2, 0.25) is 0 Å². The minimum Gasteiger partial charge on any atom is -0.494 e. The summed E-state index contributed by atoms with van der Waals surface area (Å²) in [6.45, 7) is 7.64. The fourth-order valence-electron chi connectivity index (χ4n) is 3.24. The molecule has 1 atom stereocenters. The number of anilines is 2. The second kappa shape index (κ2) is 11.1. The third-order valence-electron chi connectivity index (χ3n) is 5.11. The summed E-state index contributed by atoms with van der Waals surface area (Å²) >= 11 is 0. The van der Waals surface area contributed by atoms with Gasteiger partial charge in [-0.2, -0.15) is 0 Å². The topological polar surface area (TPSA) is 111 Å². The standard InChI is InChI=1S/C26H28N2O6S/c1-5-33-22-11-13-23(14-12-22)35(31,32)28-21-9-7-20(8-10-21)26(30)34-19(4)25(29)27-24-15-6-17(2)16-18(24)3/h6-16,19,28H,5H2,1-4H3,(H,27,29). The predicted octanol–water partition coefficient (Wildman–Crippen LogP) is 4.69.